The average Bonchev–Trinajstić information content (AvgIpc) is 1.78. The van der Waals surface area contributed by atoms with E-state index in [0.29, 0.717) is 0 Å². The molecule has 0 aromatic carbocycles. The first-order valence-electron chi connectivity index (χ1n) is 3.97. The van der Waals surface area contributed by atoms with Crippen LogP contribution in [0.15, 0.2) is 12.2 Å². The fourth-order valence-electron chi connectivity index (χ4n) is 0.906. The first kappa shape index (κ1) is 17.5. The maximum Gasteiger partial charge on any atom is 0.267 e. The van der Waals surface area contributed by atoms with Crippen molar-refractivity contribution in [2.45, 2.75) is 26.3 Å². The quantitative estimate of drug-likeness (QED) is 0.413. The summed E-state index contributed by atoms with van der Waals surface area (Å²) in [7, 11) is -4.10. The molecule has 0 fully saturated rings. The molecule has 0 heterocycles. The molecule has 0 saturated heterocycles. The minimum Gasteiger partial charge on any atom is -0.346 e. The first-order chi connectivity index (χ1) is 6.03. The van der Waals surface area contributed by atoms with Gasteiger partial charge in [-0.25, -0.2) is 0 Å². The van der Waals surface area contributed by atoms with E-state index in [4.69, 9.17) is 4.55 Å². The zero-order chi connectivity index (χ0) is 11.6. The molecular weight excluding hydrogens is 229 g/mol. The second kappa shape index (κ2) is 6.00. The smallest absolute Gasteiger partial charge is 0.267 e. The Morgan fingerprint density at radius 3 is 2.13 bits per heavy atom. The van der Waals surface area contributed by atoms with Gasteiger partial charge in [0.15, 0.2) is 0 Å². The number of rotatable bonds is 4. The van der Waals surface area contributed by atoms with Gasteiger partial charge in [-0.2, -0.15) is 8.42 Å². The molecule has 0 bridgehead atoms. The molecule has 0 atom stereocenters. The van der Waals surface area contributed by atoms with Crippen molar-refractivity contribution in [3.8, 4) is 0 Å². The van der Waals surface area contributed by atoms with Gasteiger partial charge in [0.05, 0.1) is 11.3 Å². The van der Waals surface area contributed by atoms with Crippen LogP contribution in [0, 0.1) is 0 Å². The average molecular weight is 244 g/mol. The molecular formula is C8H15NNaO4S. The topological polar surface area (TPSA) is 83.5 Å². The van der Waals surface area contributed by atoms with Crippen molar-refractivity contribution in [2.75, 3.05) is 5.75 Å². The van der Waals surface area contributed by atoms with E-state index < -0.39 is 27.3 Å². The molecule has 1 amide bonds. The summed E-state index contributed by atoms with van der Waals surface area (Å²) < 4.78 is 29.8. The predicted molar refractivity (Wildman–Crippen MR) is 59.2 cm³/mol. The van der Waals surface area contributed by atoms with Gasteiger partial charge in [-0.05, 0) is 20.8 Å². The van der Waals surface area contributed by atoms with Crippen LogP contribution < -0.4 is 5.32 Å². The zero-order valence-electron chi connectivity index (χ0n) is 9.49. The molecule has 83 valence electrons. The van der Waals surface area contributed by atoms with Crippen LogP contribution in [0.4, 0.5) is 0 Å². The van der Waals surface area contributed by atoms with E-state index in [0.717, 1.165) is 0 Å². The molecule has 15 heavy (non-hydrogen) atoms. The van der Waals surface area contributed by atoms with Gasteiger partial charge in [0, 0.05) is 35.1 Å². The molecule has 0 rings (SSSR count). The van der Waals surface area contributed by atoms with Gasteiger partial charge in [-0.1, -0.05) is 6.58 Å². The summed E-state index contributed by atoms with van der Waals surface area (Å²) >= 11 is 0. The summed E-state index contributed by atoms with van der Waals surface area (Å²) in [6.45, 7) is 7.93. The monoisotopic (exact) mass is 244 g/mol. The van der Waals surface area contributed by atoms with Gasteiger partial charge in [0.1, 0.15) is 0 Å². The van der Waals surface area contributed by atoms with Crippen molar-refractivity contribution in [1.29, 1.82) is 0 Å². The third-order valence-electron chi connectivity index (χ3n) is 1.38. The van der Waals surface area contributed by atoms with Gasteiger partial charge in [-0.3, -0.25) is 9.35 Å². The van der Waals surface area contributed by atoms with Gasteiger partial charge < -0.3 is 5.32 Å². The Balaban J connectivity index is 0. The van der Waals surface area contributed by atoms with Crippen LogP contribution in [-0.4, -0.2) is 59.7 Å². The number of hydrogen-bond acceptors (Lipinski definition) is 3. The Labute approximate surface area is 112 Å². The minimum absolute atomic E-state index is 0. The Kier molecular flexibility index (Phi) is 7.01. The van der Waals surface area contributed by atoms with Gasteiger partial charge in [0.2, 0.25) is 5.91 Å². The maximum atomic E-state index is 11.2. The van der Waals surface area contributed by atoms with Crippen LogP contribution in [0.25, 0.3) is 0 Å². The summed E-state index contributed by atoms with van der Waals surface area (Å²) in [6, 6.07) is 0. The predicted octanol–water partition coefficient (Wildman–Crippen LogP) is -0.0357. The van der Waals surface area contributed by atoms with Gasteiger partial charge >= 0.3 is 0 Å². The van der Waals surface area contributed by atoms with E-state index in [-0.39, 0.29) is 35.1 Å². The second-order valence-electron chi connectivity index (χ2n) is 3.84. The van der Waals surface area contributed by atoms with Crippen LogP contribution in [-0.2, 0) is 14.9 Å². The molecule has 0 saturated carbocycles. The van der Waals surface area contributed by atoms with E-state index in [1.165, 1.54) is 20.8 Å². The molecule has 0 aliphatic rings. The molecule has 1 radical (unpaired) electrons. The van der Waals surface area contributed by atoms with Crippen LogP contribution in [0.2, 0.25) is 0 Å². The molecule has 0 aliphatic carbocycles. The summed E-state index contributed by atoms with van der Waals surface area (Å²) in [5.41, 5.74) is -0.725. The molecule has 5 nitrogen and oxygen atoms in total. The Morgan fingerprint density at radius 1 is 1.47 bits per heavy atom. The first-order valence-corrected chi connectivity index (χ1v) is 5.57. The van der Waals surface area contributed by atoms with Gasteiger partial charge in [-0.15, -0.1) is 0 Å². The summed E-state index contributed by atoms with van der Waals surface area (Å²) in [4.78, 5) is 11.2. The van der Waals surface area contributed by atoms with Crippen molar-refractivity contribution in [3.63, 3.8) is 0 Å². The number of hydrogen-bond donors (Lipinski definition) is 2. The third-order valence-corrected chi connectivity index (χ3v) is 2.47. The molecule has 2 N–H and O–H groups in total. The van der Waals surface area contributed by atoms with Crippen LogP contribution in [0.1, 0.15) is 20.8 Å². The zero-order valence-corrected chi connectivity index (χ0v) is 12.3. The second-order valence-corrected chi connectivity index (χ2v) is 5.30. The van der Waals surface area contributed by atoms with Crippen molar-refractivity contribution >= 4 is 45.6 Å². The van der Waals surface area contributed by atoms with Crippen LogP contribution in [0.5, 0.6) is 0 Å². The number of amides is 1. The van der Waals surface area contributed by atoms with Crippen molar-refractivity contribution in [3.05, 3.63) is 12.2 Å². The Morgan fingerprint density at radius 2 is 1.87 bits per heavy atom. The molecule has 0 aromatic heterocycles. The van der Waals surface area contributed by atoms with Crippen LogP contribution in [0.3, 0.4) is 0 Å². The number of carbonyl (C=O) groups is 1. The van der Waals surface area contributed by atoms with Crippen molar-refractivity contribution < 1.29 is 17.8 Å². The number of nitrogens with one attached hydrogen (secondary N) is 1. The van der Waals surface area contributed by atoms with Gasteiger partial charge in [0.25, 0.3) is 10.1 Å². The summed E-state index contributed by atoms with van der Waals surface area (Å²) in [5.74, 6) is -0.961. The normalized spacial score (nSPS) is 11.5. The summed E-state index contributed by atoms with van der Waals surface area (Å²) in [5, 5.41) is 2.43. The third kappa shape index (κ3) is 9.07. The molecule has 7 heteroatoms. The fraction of sp³-hybridized carbons (Fsp3) is 0.625. The van der Waals surface area contributed by atoms with Crippen LogP contribution >= 0.6 is 0 Å². The molecule has 0 aliphatic heterocycles. The molecule has 0 aromatic rings. The van der Waals surface area contributed by atoms with E-state index in [1.807, 2.05) is 0 Å². The fourth-order valence-corrected chi connectivity index (χ4v) is 1.89. The summed E-state index contributed by atoms with van der Waals surface area (Å²) in [6.07, 6.45) is 0. The number of carbonyl (C=O) groups excluding carboxylic acids is 1. The van der Waals surface area contributed by atoms with Crippen molar-refractivity contribution in [1.82, 2.24) is 5.32 Å². The molecule has 0 unspecified atom stereocenters. The Hall–Kier alpha value is 0.120. The minimum atomic E-state index is -4.10. The van der Waals surface area contributed by atoms with Crippen molar-refractivity contribution in [2.24, 2.45) is 0 Å². The molecule has 0 spiro atoms. The van der Waals surface area contributed by atoms with E-state index >= 15 is 0 Å². The van der Waals surface area contributed by atoms with E-state index in [1.54, 1.807) is 0 Å². The standard InChI is InChI=1S/C8H15NO4S.Na/c1-6(2)7(10)9-8(3,4)5-14(11,12)13;/h1,5H2,2-4H3,(H,9,10)(H,11,12,13);. The largest absolute Gasteiger partial charge is 0.346 e. The van der Waals surface area contributed by atoms with E-state index in [2.05, 4.69) is 11.9 Å². The van der Waals surface area contributed by atoms with E-state index in [9.17, 15) is 13.2 Å². The maximum absolute atomic E-state index is 11.2. The SMILES string of the molecule is C=C(C)C(=O)NC(C)(C)CS(=O)(=O)O.[Na]. The Bertz CT molecular complexity index is 348.